The zero-order valence-corrected chi connectivity index (χ0v) is 14.2. The number of carbonyl (C=O) groups is 2. The second-order valence-corrected chi connectivity index (χ2v) is 7.18. The number of nitrogens with zero attached hydrogens (tertiary/aromatic N) is 1. The molecule has 2 amide bonds. The zero-order chi connectivity index (χ0) is 16.5. The minimum Gasteiger partial charge on any atom is -0.326 e. The topological polar surface area (TPSA) is 71.1 Å². The summed E-state index contributed by atoms with van der Waals surface area (Å²) in [6.45, 7) is 0. The summed E-state index contributed by atoms with van der Waals surface area (Å²) in [4.78, 5) is 29.9. The van der Waals surface area contributed by atoms with Crippen molar-refractivity contribution in [3.05, 3.63) is 51.7 Å². The molecule has 2 N–H and O–H groups in total. The fourth-order valence-electron chi connectivity index (χ4n) is 2.65. The number of fused-ring (bicyclic) bond motifs is 1. The molecule has 4 rings (SSSR count). The smallest absolute Gasteiger partial charge is 0.268 e. The molecule has 0 saturated carbocycles. The Morgan fingerprint density at radius 2 is 2.12 bits per heavy atom. The van der Waals surface area contributed by atoms with E-state index in [0.29, 0.717) is 17.7 Å². The van der Waals surface area contributed by atoms with Crippen LogP contribution >= 0.6 is 22.7 Å². The van der Waals surface area contributed by atoms with E-state index in [1.54, 1.807) is 22.9 Å². The highest BCUT2D eigenvalue weighted by Crippen LogP contribution is 2.30. The third kappa shape index (κ3) is 2.83. The van der Waals surface area contributed by atoms with Crippen LogP contribution in [-0.2, 0) is 11.2 Å². The van der Waals surface area contributed by atoms with E-state index in [0.717, 1.165) is 27.5 Å². The number of aryl methyl sites for hydroxylation is 1. The predicted molar refractivity (Wildman–Crippen MR) is 96.8 cm³/mol. The van der Waals surface area contributed by atoms with Gasteiger partial charge in [0.25, 0.3) is 5.91 Å². The first-order chi connectivity index (χ1) is 11.7. The van der Waals surface area contributed by atoms with Gasteiger partial charge in [-0.1, -0.05) is 6.07 Å². The lowest BCUT2D eigenvalue weighted by Crippen LogP contribution is -2.19. The van der Waals surface area contributed by atoms with Crippen molar-refractivity contribution in [2.75, 3.05) is 10.6 Å². The van der Waals surface area contributed by atoms with Crippen LogP contribution in [0.25, 0.3) is 10.6 Å². The van der Waals surface area contributed by atoms with E-state index in [2.05, 4.69) is 15.6 Å². The Kier molecular flexibility index (Phi) is 3.87. The minimum atomic E-state index is -0.166. The van der Waals surface area contributed by atoms with Gasteiger partial charge in [0.15, 0.2) is 0 Å². The number of thiazole rings is 1. The lowest BCUT2D eigenvalue weighted by atomic mass is 10.0. The number of nitrogens with one attached hydrogen (secondary N) is 2. The highest BCUT2D eigenvalue weighted by Gasteiger charge is 2.19. The van der Waals surface area contributed by atoms with Gasteiger partial charge in [-0.2, -0.15) is 0 Å². The Morgan fingerprint density at radius 3 is 2.96 bits per heavy atom. The Labute approximate surface area is 146 Å². The Morgan fingerprint density at radius 1 is 1.21 bits per heavy atom. The fraction of sp³-hybridized carbons (Fsp3) is 0.118. The molecule has 0 spiro atoms. The number of rotatable bonds is 3. The molecule has 120 valence electrons. The molecule has 0 unspecified atom stereocenters. The summed E-state index contributed by atoms with van der Waals surface area (Å²) in [5, 5.41) is 7.74. The highest BCUT2D eigenvalue weighted by atomic mass is 32.1. The maximum atomic E-state index is 12.6. The van der Waals surface area contributed by atoms with Crippen LogP contribution in [0.2, 0.25) is 0 Å². The summed E-state index contributed by atoms with van der Waals surface area (Å²) in [5.74, 6) is -0.134. The van der Waals surface area contributed by atoms with Gasteiger partial charge in [-0.3, -0.25) is 9.59 Å². The largest absolute Gasteiger partial charge is 0.326 e. The van der Waals surface area contributed by atoms with E-state index in [1.807, 2.05) is 29.6 Å². The van der Waals surface area contributed by atoms with Gasteiger partial charge >= 0.3 is 0 Å². The van der Waals surface area contributed by atoms with E-state index in [-0.39, 0.29) is 11.8 Å². The molecule has 0 fully saturated rings. The average molecular weight is 355 g/mol. The van der Waals surface area contributed by atoms with Crippen molar-refractivity contribution in [3.63, 3.8) is 0 Å². The molecule has 1 aliphatic heterocycles. The van der Waals surface area contributed by atoms with Crippen molar-refractivity contribution in [2.24, 2.45) is 0 Å². The molecule has 5 nitrogen and oxygen atoms in total. The van der Waals surface area contributed by atoms with E-state index >= 15 is 0 Å². The molecule has 0 atom stereocenters. The summed E-state index contributed by atoms with van der Waals surface area (Å²) in [5.41, 5.74) is 4.99. The Balaban J connectivity index is 1.57. The van der Waals surface area contributed by atoms with Gasteiger partial charge in [-0.25, -0.2) is 4.98 Å². The molecular weight excluding hydrogens is 342 g/mol. The van der Waals surface area contributed by atoms with Gasteiger partial charge in [-0.05, 0) is 41.6 Å². The molecule has 0 bridgehead atoms. The van der Waals surface area contributed by atoms with Crippen molar-refractivity contribution in [1.82, 2.24) is 4.98 Å². The quantitative estimate of drug-likeness (QED) is 0.746. The molecule has 7 heteroatoms. The summed E-state index contributed by atoms with van der Waals surface area (Å²) in [6.07, 6.45) is 1.16. The standard InChI is InChI=1S/C17H13N3O2S2/c21-14-6-3-10-8-11(4-5-12(10)20-14)19-17(22)16-15(18-9-24-16)13-2-1-7-23-13/h1-2,4-5,7-9H,3,6H2,(H,19,22)(H,20,21). The van der Waals surface area contributed by atoms with Crippen LogP contribution in [0.4, 0.5) is 11.4 Å². The van der Waals surface area contributed by atoms with Gasteiger partial charge < -0.3 is 10.6 Å². The monoisotopic (exact) mass is 355 g/mol. The number of carbonyl (C=O) groups excluding carboxylic acids is 2. The fourth-order valence-corrected chi connectivity index (χ4v) is 4.13. The molecule has 1 aliphatic rings. The van der Waals surface area contributed by atoms with Crippen molar-refractivity contribution >= 4 is 45.9 Å². The highest BCUT2D eigenvalue weighted by molar-refractivity contribution is 7.15. The maximum absolute atomic E-state index is 12.6. The first-order valence-electron chi connectivity index (χ1n) is 7.42. The number of hydrogen-bond donors (Lipinski definition) is 2. The molecule has 24 heavy (non-hydrogen) atoms. The second-order valence-electron chi connectivity index (χ2n) is 5.38. The first-order valence-corrected chi connectivity index (χ1v) is 9.18. The van der Waals surface area contributed by atoms with Gasteiger partial charge in [-0.15, -0.1) is 22.7 Å². The van der Waals surface area contributed by atoms with E-state index in [9.17, 15) is 9.59 Å². The van der Waals surface area contributed by atoms with Gasteiger partial charge in [0.2, 0.25) is 5.91 Å². The SMILES string of the molecule is O=C1CCc2cc(NC(=O)c3scnc3-c3cccs3)ccc2N1. The molecular formula is C17H13N3O2S2. The predicted octanol–water partition coefficient (Wildman–Crippen LogP) is 4.01. The Bertz CT molecular complexity index is 916. The third-order valence-electron chi connectivity index (χ3n) is 3.79. The molecule has 3 heterocycles. The molecule has 2 aromatic heterocycles. The van der Waals surface area contributed by atoms with Gasteiger partial charge in [0.05, 0.1) is 10.4 Å². The van der Waals surface area contributed by atoms with Crippen LogP contribution in [0.1, 0.15) is 21.7 Å². The van der Waals surface area contributed by atoms with E-state index in [1.165, 1.54) is 11.3 Å². The van der Waals surface area contributed by atoms with E-state index in [4.69, 9.17) is 0 Å². The van der Waals surface area contributed by atoms with Crippen LogP contribution in [0.15, 0.2) is 41.2 Å². The first kappa shape index (κ1) is 15.0. The van der Waals surface area contributed by atoms with Gasteiger partial charge in [0.1, 0.15) is 10.6 Å². The number of hydrogen-bond acceptors (Lipinski definition) is 5. The number of aromatic nitrogens is 1. The van der Waals surface area contributed by atoms with Crippen LogP contribution in [0.5, 0.6) is 0 Å². The Hall–Kier alpha value is -2.51. The summed E-state index contributed by atoms with van der Waals surface area (Å²) in [6, 6.07) is 9.44. The van der Waals surface area contributed by atoms with E-state index < -0.39 is 0 Å². The average Bonchev–Trinajstić information content (AvgIpc) is 3.25. The molecule has 0 aliphatic carbocycles. The van der Waals surface area contributed by atoms with Crippen LogP contribution < -0.4 is 10.6 Å². The molecule has 1 aromatic carbocycles. The minimum absolute atomic E-state index is 0.0320. The van der Waals surface area contributed by atoms with Crippen molar-refractivity contribution in [3.8, 4) is 10.6 Å². The second kappa shape index (κ2) is 6.18. The van der Waals surface area contributed by atoms with Crippen molar-refractivity contribution < 1.29 is 9.59 Å². The number of benzene rings is 1. The molecule has 0 radical (unpaired) electrons. The third-order valence-corrected chi connectivity index (χ3v) is 5.49. The van der Waals surface area contributed by atoms with Crippen molar-refractivity contribution in [2.45, 2.75) is 12.8 Å². The van der Waals surface area contributed by atoms with Crippen LogP contribution in [-0.4, -0.2) is 16.8 Å². The number of amides is 2. The number of thiophene rings is 1. The summed E-state index contributed by atoms with van der Waals surface area (Å²) < 4.78 is 0. The maximum Gasteiger partial charge on any atom is 0.268 e. The lowest BCUT2D eigenvalue weighted by Gasteiger charge is -2.17. The summed E-state index contributed by atoms with van der Waals surface area (Å²) in [7, 11) is 0. The normalized spacial score (nSPS) is 13.2. The molecule has 3 aromatic rings. The summed E-state index contributed by atoms with van der Waals surface area (Å²) >= 11 is 2.89. The number of anilines is 2. The van der Waals surface area contributed by atoms with Crippen LogP contribution in [0, 0.1) is 0 Å². The molecule has 0 saturated heterocycles. The zero-order valence-electron chi connectivity index (χ0n) is 12.5. The van der Waals surface area contributed by atoms with Gasteiger partial charge in [0, 0.05) is 17.8 Å². The lowest BCUT2D eigenvalue weighted by molar-refractivity contribution is -0.116. The van der Waals surface area contributed by atoms with Crippen molar-refractivity contribution in [1.29, 1.82) is 0 Å². The van der Waals surface area contributed by atoms with Crippen LogP contribution in [0.3, 0.4) is 0 Å².